The lowest BCUT2D eigenvalue weighted by Crippen LogP contribution is -2.70. The van der Waals surface area contributed by atoms with Crippen LogP contribution in [-0.4, -0.2) is 46.3 Å². The van der Waals surface area contributed by atoms with Crippen molar-refractivity contribution in [3.63, 3.8) is 0 Å². The highest BCUT2D eigenvalue weighted by atomic mass is 28.4. The Bertz CT molecular complexity index is 294. The number of hydrogen-bond acceptors (Lipinski definition) is 3. The van der Waals surface area contributed by atoms with E-state index in [0.29, 0.717) is 26.2 Å². The van der Waals surface area contributed by atoms with E-state index in [1.54, 1.807) is 20.8 Å². The zero-order valence-corrected chi connectivity index (χ0v) is 14.4. The lowest BCUT2D eigenvalue weighted by atomic mass is 10.2. The first-order valence-corrected chi connectivity index (χ1v) is 9.16. The zero-order valence-electron chi connectivity index (χ0n) is 13.4. The van der Waals surface area contributed by atoms with Crippen LogP contribution in [0, 0.1) is 0 Å². The van der Waals surface area contributed by atoms with Gasteiger partial charge in [0.1, 0.15) is 0 Å². The minimum absolute atomic E-state index is 0.230. The molecule has 0 heterocycles. The molecule has 0 bridgehead atoms. The van der Waals surface area contributed by atoms with Crippen LogP contribution in [0.2, 0.25) is 0 Å². The van der Waals surface area contributed by atoms with Crippen molar-refractivity contribution in [1.29, 1.82) is 0 Å². The van der Waals surface area contributed by atoms with E-state index in [1.807, 2.05) is 0 Å². The highest BCUT2D eigenvalue weighted by Crippen LogP contribution is 2.46. The van der Waals surface area contributed by atoms with Crippen molar-refractivity contribution in [2.75, 3.05) is 19.8 Å². The summed E-state index contributed by atoms with van der Waals surface area (Å²) in [4.78, 5) is 0. The fourth-order valence-corrected chi connectivity index (χ4v) is 4.38. The van der Waals surface area contributed by atoms with Crippen LogP contribution in [0.25, 0.3) is 0 Å². The van der Waals surface area contributed by atoms with Crippen LogP contribution >= 0.6 is 0 Å². The molecule has 0 aromatic rings. The zero-order chi connectivity index (χ0) is 17.4. The molecule has 0 N–H and O–H groups in total. The minimum atomic E-state index is -5.11. The van der Waals surface area contributed by atoms with Crippen LogP contribution in [0.3, 0.4) is 0 Å². The third-order valence-electron chi connectivity index (χ3n) is 2.79. The van der Waals surface area contributed by atoms with Gasteiger partial charge in [0.15, 0.2) is 6.17 Å². The molecule has 0 aromatic heterocycles. The molecule has 0 fully saturated rings. The van der Waals surface area contributed by atoms with Gasteiger partial charge in [0, 0.05) is 19.8 Å². The van der Waals surface area contributed by atoms with Crippen molar-refractivity contribution in [2.45, 2.75) is 64.6 Å². The Kier molecular flexibility index (Phi) is 9.04. The molecule has 0 spiro atoms. The molecule has 0 radical (unpaired) electrons. The van der Waals surface area contributed by atoms with Crippen LogP contribution in [0.4, 0.5) is 22.0 Å². The van der Waals surface area contributed by atoms with Crippen molar-refractivity contribution in [1.82, 2.24) is 0 Å². The van der Waals surface area contributed by atoms with Crippen molar-refractivity contribution in [2.24, 2.45) is 0 Å². The van der Waals surface area contributed by atoms with E-state index in [1.165, 1.54) is 0 Å². The molecule has 1 unspecified atom stereocenters. The predicted molar refractivity (Wildman–Crippen MR) is 74.9 cm³/mol. The second-order valence-electron chi connectivity index (χ2n) is 4.91. The van der Waals surface area contributed by atoms with E-state index in [-0.39, 0.29) is 19.8 Å². The van der Waals surface area contributed by atoms with Crippen molar-refractivity contribution in [3.05, 3.63) is 0 Å². The standard InChI is InChI=1S/C13H25F5O3Si/c1-5-8-19-22(20-9-6-2,21-10-7-3)13(17,18)12(15,16)11(4)14/h11H,5-10H2,1-4H3. The summed E-state index contributed by atoms with van der Waals surface area (Å²) >= 11 is 0. The molecule has 9 heteroatoms. The van der Waals surface area contributed by atoms with Gasteiger partial charge in [0.25, 0.3) is 0 Å². The van der Waals surface area contributed by atoms with E-state index >= 15 is 0 Å². The Balaban J connectivity index is 5.72. The van der Waals surface area contributed by atoms with Crippen molar-refractivity contribution < 1.29 is 35.2 Å². The molecule has 0 saturated carbocycles. The number of hydrogen-bond donors (Lipinski definition) is 0. The Morgan fingerprint density at radius 1 is 0.818 bits per heavy atom. The molecule has 0 amide bonds. The molecule has 0 aliphatic rings. The lowest BCUT2D eigenvalue weighted by molar-refractivity contribution is -0.225. The van der Waals surface area contributed by atoms with Gasteiger partial charge in [0.05, 0.1) is 0 Å². The summed E-state index contributed by atoms with van der Waals surface area (Å²) in [6, 6.07) is 0. The predicted octanol–water partition coefficient (Wildman–Crippen LogP) is 4.37. The summed E-state index contributed by atoms with van der Waals surface area (Å²) in [6.45, 7) is 4.59. The van der Waals surface area contributed by atoms with Gasteiger partial charge in [0.2, 0.25) is 0 Å². The monoisotopic (exact) mass is 352 g/mol. The number of alkyl halides is 5. The van der Waals surface area contributed by atoms with E-state index < -0.39 is 26.4 Å². The molecule has 0 aromatic carbocycles. The maximum absolute atomic E-state index is 14.4. The topological polar surface area (TPSA) is 27.7 Å². The Hall–Kier alpha value is -0.253. The van der Waals surface area contributed by atoms with Gasteiger partial charge >= 0.3 is 20.3 Å². The Morgan fingerprint density at radius 3 is 1.36 bits per heavy atom. The largest absolute Gasteiger partial charge is 0.582 e. The van der Waals surface area contributed by atoms with Crippen LogP contribution in [0.1, 0.15) is 47.0 Å². The normalized spacial score (nSPS) is 15.1. The van der Waals surface area contributed by atoms with E-state index in [4.69, 9.17) is 13.3 Å². The second kappa shape index (κ2) is 9.14. The van der Waals surface area contributed by atoms with E-state index in [2.05, 4.69) is 0 Å². The van der Waals surface area contributed by atoms with Crippen LogP contribution in [0.15, 0.2) is 0 Å². The fraction of sp³-hybridized carbons (Fsp3) is 1.00. The average Bonchev–Trinajstić information content (AvgIpc) is 2.46. The van der Waals surface area contributed by atoms with Gasteiger partial charge in [-0.05, 0) is 26.2 Å². The number of halogens is 5. The van der Waals surface area contributed by atoms with Gasteiger partial charge < -0.3 is 13.3 Å². The van der Waals surface area contributed by atoms with Gasteiger partial charge in [-0.15, -0.1) is 0 Å². The molecule has 3 nitrogen and oxygen atoms in total. The molecule has 22 heavy (non-hydrogen) atoms. The van der Waals surface area contributed by atoms with E-state index in [0.717, 1.165) is 0 Å². The number of rotatable bonds is 12. The minimum Gasteiger partial charge on any atom is -0.370 e. The van der Waals surface area contributed by atoms with Crippen LogP contribution < -0.4 is 0 Å². The summed E-state index contributed by atoms with van der Waals surface area (Å²) in [6.07, 6.45) is -2.12. The third-order valence-corrected chi connectivity index (χ3v) is 5.65. The average molecular weight is 352 g/mol. The van der Waals surface area contributed by atoms with Gasteiger partial charge in [-0.2, -0.15) is 17.6 Å². The molecule has 134 valence electrons. The second-order valence-corrected chi connectivity index (χ2v) is 7.52. The van der Waals surface area contributed by atoms with Crippen LogP contribution in [-0.2, 0) is 13.3 Å². The summed E-state index contributed by atoms with van der Waals surface area (Å²) in [5.41, 5.74) is -4.85. The molecule has 1 atom stereocenters. The summed E-state index contributed by atoms with van der Waals surface area (Å²) in [7, 11) is -5.11. The first-order valence-electron chi connectivity index (χ1n) is 7.44. The van der Waals surface area contributed by atoms with Crippen LogP contribution in [0.5, 0.6) is 0 Å². The van der Waals surface area contributed by atoms with E-state index in [9.17, 15) is 22.0 Å². The highest BCUT2D eigenvalue weighted by molar-refractivity contribution is 6.63. The molecular formula is C13H25F5O3Si. The molecule has 0 aliphatic carbocycles. The Morgan fingerprint density at radius 2 is 1.14 bits per heavy atom. The smallest absolute Gasteiger partial charge is 0.370 e. The first kappa shape index (κ1) is 21.7. The lowest BCUT2D eigenvalue weighted by Gasteiger charge is -2.39. The van der Waals surface area contributed by atoms with Gasteiger partial charge in [-0.3, -0.25) is 0 Å². The fourth-order valence-electron chi connectivity index (χ4n) is 1.56. The molecule has 0 aliphatic heterocycles. The van der Waals surface area contributed by atoms with Crippen molar-refractivity contribution >= 4 is 8.80 Å². The summed E-state index contributed by atoms with van der Waals surface area (Å²) in [5.74, 6) is -4.94. The SMILES string of the molecule is CCCO[Si](OCCC)(OCCC)C(F)(F)C(F)(F)C(C)F. The van der Waals surface area contributed by atoms with Gasteiger partial charge in [-0.1, -0.05) is 20.8 Å². The van der Waals surface area contributed by atoms with Gasteiger partial charge in [-0.25, -0.2) is 4.39 Å². The molecule has 0 saturated heterocycles. The maximum atomic E-state index is 14.4. The maximum Gasteiger partial charge on any atom is 0.582 e. The summed E-state index contributed by atoms with van der Waals surface area (Å²) < 4.78 is 84.5. The molecule has 0 rings (SSSR count). The first-order chi connectivity index (χ1) is 10.1. The van der Waals surface area contributed by atoms with Crippen molar-refractivity contribution in [3.8, 4) is 0 Å². The highest BCUT2D eigenvalue weighted by Gasteiger charge is 2.78. The summed E-state index contributed by atoms with van der Waals surface area (Å²) in [5, 5.41) is 0. The molecular weight excluding hydrogens is 327 g/mol. The quantitative estimate of drug-likeness (QED) is 0.385. The Labute approximate surface area is 129 Å². The third kappa shape index (κ3) is 4.62.